The Morgan fingerprint density at radius 2 is 1.68 bits per heavy atom. The summed E-state index contributed by atoms with van der Waals surface area (Å²) in [5.74, 6) is -2.89. The summed E-state index contributed by atoms with van der Waals surface area (Å²) in [6.07, 6.45) is -4.90. The SMILES string of the molecule is CCN(C(=O)Cc1ccc(OC(F)(F)F)cc1)c1ccc(F)c(F)c1. The quantitative estimate of drug-likeness (QED) is 0.738. The molecule has 0 aliphatic heterocycles. The van der Waals surface area contributed by atoms with Crippen LogP contribution in [0.4, 0.5) is 27.6 Å². The molecule has 0 bridgehead atoms. The highest BCUT2D eigenvalue weighted by atomic mass is 19.4. The van der Waals surface area contributed by atoms with Gasteiger partial charge in [0.1, 0.15) is 5.75 Å². The Morgan fingerprint density at radius 3 is 2.20 bits per heavy atom. The summed E-state index contributed by atoms with van der Waals surface area (Å²) >= 11 is 0. The van der Waals surface area contributed by atoms with E-state index in [1.807, 2.05) is 0 Å². The maximum Gasteiger partial charge on any atom is 0.573 e. The van der Waals surface area contributed by atoms with Gasteiger partial charge in [-0.3, -0.25) is 4.79 Å². The van der Waals surface area contributed by atoms with Crippen LogP contribution in [0.15, 0.2) is 42.5 Å². The fourth-order valence-electron chi connectivity index (χ4n) is 2.23. The van der Waals surface area contributed by atoms with E-state index in [4.69, 9.17) is 0 Å². The lowest BCUT2D eigenvalue weighted by atomic mass is 10.1. The lowest BCUT2D eigenvalue weighted by molar-refractivity contribution is -0.274. The molecule has 0 unspecified atom stereocenters. The molecule has 2 rings (SSSR count). The van der Waals surface area contributed by atoms with E-state index < -0.39 is 29.7 Å². The van der Waals surface area contributed by atoms with Gasteiger partial charge in [0.05, 0.1) is 6.42 Å². The number of carbonyl (C=O) groups excluding carboxylic acids is 1. The molecular weight excluding hydrogens is 345 g/mol. The van der Waals surface area contributed by atoms with Crippen LogP contribution in [0.2, 0.25) is 0 Å². The number of halogens is 5. The van der Waals surface area contributed by atoms with Gasteiger partial charge in [-0.1, -0.05) is 12.1 Å². The lowest BCUT2D eigenvalue weighted by Gasteiger charge is -2.21. The normalized spacial score (nSPS) is 11.3. The number of nitrogens with zero attached hydrogens (tertiary/aromatic N) is 1. The topological polar surface area (TPSA) is 29.5 Å². The fraction of sp³-hybridized carbons (Fsp3) is 0.235. The molecule has 2 aromatic carbocycles. The number of likely N-dealkylation sites (N-methyl/N-ethyl adjacent to an activating group) is 1. The Hall–Kier alpha value is -2.64. The Bertz CT molecular complexity index is 744. The van der Waals surface area contributed by atoms with Gasteiger partial charge in [-0.05, 0) is 36.8 Å². The second kappa shape index (κ2) is 7.50. The highest BCUT2D eigenvalue weighted by molar-refractivity contribution is 5.94. The molecule has 3 nitrogen and oxygen atoms in total. The predicted octanol–water partition coefficient (Wildman–Crippen LogP) is 4.46. The van der Waals surface area contributed by atoms with Crippen molar-refractivity contribution in [3.8, 4) is 5.75 Å². The van der Waals surface area contributed by atoms with Crippen LogP contribution in [0, 0.1) is 11.6 Å². The Balaban J connectivity index is 2.10. The highest BCUT2D eigenvalue weighted by Gasteiger charge is 2.31. The Labute approximate surface area is 140 Å². The van der Waals surface area contributed by atoms with Gasteiger partial charge in [0, 0.05) is 18.3 Å². The summed E-state index contributed by atoms with van der Waals surface area (Å²) in [7, 11) is 0. The molecule has 0 fully saturated rings. The van der Waals surface area contributed by atoms with Crippen molar-refractivity contribution >= 4 is 11.6 Å². The monoisotopic (exact) mass is 359 g/mol. The number of rotatable bonds is 5. The third-order valence-corrected chi connectivity index (χ3v) is 3.34. The smallest absolute Gasteiger partial charge is 0.406 e. The van der Waals surface area contributed by atoms with Crippen LogP contribution in [0.5, 0.6) is 5.75 Å². The fourth-order valence-corrected chi connectivity index (χ4v) is 2.23. The van der Waals surface area contributed by atoms with Crippen molar-refractivity contribution in [2.24, 2.45) is 0 Å². The van der Waals surface area contributed by atoms with E-state index in [2.05, 4.69) is 4.74 Å². The molecule has 0 aromatic heterocycles. The Kier molecular flexibility index (Phi) is 5.61. The summed E-state index contributed by atoms with van der Waals surface area (Å²) in [5, 5.41) is 0. The Morgan fingerprint density at radius 1 is 1.04 bits per heavy atom. The first kappa shape index (κ1) is 18.7. The van der Waals surface area contributed by atoms with Crippen molar-refractivity contribution < 1.29 is 31.5 Å². The van der Waals surface area contributed by atoms with E-state index in [9.17, 15) is 26.7 Å². The maximum atomic E-state index is 13.3. The van der Waals surface area contributed by atoms with E-state index >= 15 is 0 Å². The van der Waals surface area contributed by atoms with Gasteiger partial charge < -0.3 is 9.64 Å². The third-order valence-electron chi connectivity index (χ3n) is 3.34. The van der Waals surface area contributed by atoms with Crippen LogP contribution in [0.1, 0.15) is 12.5 Å². The van der Waals surface area contributed by atoms with Gasteiger partial charge in [-0.15, -0.1) is 13.2 Å². The van der Waals surface area contributed by atoms with Crippen molar-refractivity contribution in [1.82, 2.24) is 0 Å². The van der Waals surface area contributed by atoms with Gasteiger partial charge >= 0.3 is 6.36 Å². The summed E-state index contributed by atoms with van der Waals surface area (Å²) < 4.78 is 66.4. The number of carbonyl (C=O) groups is 1. The largest absolute Gasteiger partial charge is 0.573 e. The van der Waals surface area contributed by atoms with Crippen LogP contribution in [-0.2, 0) is 11.2 Å². The predicted molar refractivity (Wildman–Crippen MR) is 81.2 cm³/mol. The first-order chi connectivity index (χ1) is 11.7. The first-order valence-electron chi connectivity index (χ1n) is 7.29. The minimum atomic E-state index is -4.79. The molecule has 0 saturated carbocycles. The van der Waals surface area contributed by atoms with E-state index in [1.54, 1.807) is 6.92 Å². The molecule has 0 saturated heterocycles. The zero-order chi connectivity index (χ0) is 18.6. The second-order valence-electron chi connectivity index (χ2n) is 5.10. The maximum absolute atomic E-state index is 13.3. The number of hydrogen-bond acceptors (Lipinski definition) is 2. The highest BCUT2D eigenvalue weighted by Crippen LogP contribution is 2.23. The van der Waals surface area contributed by atoms with Crippen molar-refractivity contribution in [2.45, 2.75) is 19.7 Å². The standard InChI is InChI=1S/C17H14F5NO2/c1-2-23(12-5-8-14(18)15(19)10-12)16(24)9-11-3-6-13(7-4-11)25-17(20,21)22/h3-8,10H,2,9H2,1H3. The minimum absolute atomic E-state index is 0.112. The molecule has 8 heteroatoms. The molecule has 0 aliphatic rings. The van der Waals surface area contributed by atoms with Gasteiger partial charge in [-0.2, -0.15) is 0 Å². The molecule has 0 radical (unpaired) electrons. The summed E-state index contributed by atoms with van der Waals surface area (Å²) in [4.78, 5) is 13.6. The molecule has 2 aromatic rings. The summed E-state index contributed by atoms with van der Waals surface area (Å²) in [6.45, 7) is 1.89. The lowest BCUT2D eigenvalue weighted by Crippen LogP contribution is -2.32. The molecule has 1 amide bonds. The van der Waals surface area contributed by atoms with Gasteiger partial charge in [-0.25, -0.2) is 8.78 Å². The van der Waals surface area contributed by atoms with Crippen molar-refractivity contribution in [1.29, 1.82) is 0 Å². The van der Waals surface area contributed by atoms with Crippen molar-refractivity contribution in [2.75, 3.05) is 11.4 Å². The molecule has 0 atom stereocenters. The minimum Gasteiger partial charge on any atom is -0.406 e. The zero-order valence-corrected chi connectivity index (χ0v) is 13.1. The van der Waals surface area contributed by atoms with Gasteiger partial charge in [0.25, 0.3) is 0 Å². The van der Waals surface area contributed by atoms with E-state index in [0.717, 1.165) is 24.3 Å². The van der Waals surface area contributed by atoms with Crippen molar-refractivity contribution in [3.63, 3.8) is 0 Å². The van der Waals surface area contributed by atoms with Crippen molar-refractivity contribution in [3.05, 3.63) is 59.7 Å². The molecule has 25 heavy (non-hydrogen) atoms. The molecule has 0 spiro atoms. The van der Waals surface area contributed by atoms with Gasteiger partial charge in [0.2, 0.25) is 5.91 Å². The molecular formula is C17H14F5NO2. The first-order valence-corrected chi connectivity index (χ1v) is 7.29. The molecule has 0 heterocycles. The summed E-state index contributed by atoms with van der Waals surface area (Å²) in [5.41, 5.74) is 0.656. The number of amides is 1. The number of benzene rings is 2. The second-order valence-corrected chi connectivity index (χ2v) is 5.10. The zero-order valence-electron chi connectivity index (χ0n) is 13.1. The van der Waals surface area contributed by atoms with Crippen LogP contribution in [0.3, 0.4) is 0 Å². The number of ether oxygens (including phenoxy) is 1. The van der Waals surface area contributed by atoms with Crippen LogP contribution in [0.25, 0.3) is 0 Å². The van der Waals surface area contributed by atoms with E-state index in [-0.39, 0.29) is 18.7 Å². The number of anilines is 1. The van der Waals surface area contributed by atoms with Gasteiger partial charge in [0.15, 0.2) is 11.6 Å². The van der Waals surface area contributed by atoms with Crippen LogP contribution < -0.4 is 9.64 Å². The van der Waals surface area contributed by atoms with E-state index in [1.165, 1.54) is 23.1 Å². The third kappa shape index (κ3) is 5.17. The van der Waals surface area contributed by atoms with E-state index in [0.29, 0.717) is 5.56 Å². The van der Waals surface area contributed by atoms with Crippen LogP contribution in [-0.4, -0.2) is 18.8 Å². The average Bonchev–Trinajstić information content (AvgIpc) is 2.52. The molecule has 0 N–H and O–H groups in total. The number of hydrogen-bond donors (Lipinski definition) is 0. The average molecular weight is 359 g/mol. The summed E-state index contributed by atoms with van der Waals surface area (Å²) in [6, 6.07) is 7.98. The molecule has 0 aliphatic carbocycles. The number of alkyl halides is 3. The van der Waals surface area contributed by atoms with Crippen LogP contribution >= 0.6 is 0 Å². The molecule has 134 valence electrons.